The van der Waals surface area contributed by atoms with Gasteiger partial charge in [-0.3, -0.25) is 4.68 Å². The predicted octanol–water partition coefficient (Wildman–Crippen LogP) is 2.19. The summed E-state index contributed by atoms with van der Waals surface area (Å²) in [4.78, 5) is 0. The number of aromatic nitrogens is 3. The molecule has 2 aromatic rings. The van der Waals surface area contributed by atoms with Gasteiger partial charge in [-0.25, -0.2) is 0 Å². The van der Waals surface area contributed by atoms with Gasteiger partial charge in [0.05, 0.1) is 11.4 Å². The highest BCUT2D eigenvalue weighted by molar-refractivity contribution is 5.20. The van der Waals surface area contributed by atoms with E-state index in [-0.39, 0.29) is 0 Å². The Labute approximate surface area is 107 Å². The molecule has 0 bridgehead atoms. The van der Waals surface area contributed by atoms with Crippen molar-refractivity contribution < 1.29 is 4.52 Å². The van der Waals surface area contributed by atoms with E-state index in [9.17, 15) is 0 Å². The highest BCUT2D eigenvalue weighted by atomic mass is 16.5. The van der Waals surface area contributed by atoms with E-state index >= 15 is 0 Å². The zero-order valence-electron chi connectivity index (χ0n) is 11.2. The van der Waals surface area contributed by atoms with E-state index in [0.717, 1.165) is 43.1 Å². The summed E-state index contributed by atoms with van der Waals surface area (Å²) in [7, 11) is 0. The summed E-state index contributed by atoms with van der Waals surface area (Å²) in [6, 6.07) is 2.05. The lowest BCUT2D eigenvalue weighted by atomic mass is 10.2. The largest absolute Gasteiger partial charge is 0.361 e. The Bertz CT molecular complexity index is 481. The molecular weight excluding hydrogens is 228 g/mol. The number of rotatable bonds is 6. The second kappa shape index (κ2) is 5.82. The molecule has 0 aromatic carbocycles. The number of hydrogen-bond donors (Lipinski definition) is 1. The molecule has 5 nitrogen and oxygen atoms in total. The highest BCUT2D eigenvalue weighted by Gasteiger charge is 2.08. The van der Waals surface area contributed by atoms with Crippen LogP contribution in [-0.2, 0) is 19.6 Å². The zero-order chi connectivity index (χ0) is 13.0. The zero-order valence-corrected chi connectivity index (χ0v) is 11.2. The fourth-order valence-corrected chi connectivity index (χ4v) is 1.99. The molecule has 0 saturated carbocycles. The summed E-state index contributed by atoms with van der Waals surface area (Å²) < 4.78 is 7.18. The average molecular weight is 248 g/mol. The van der Waals surface area contributed by atoms with E-state index in [0.29, 0.717) is 0 Å². The minimum Gasteiger partial charge on any atom is -0.361 e. The van der Waals surface area contributed by atoms with Gasteiger partial charge in [0.2, 0.25) is 0 Å². The smallest absolute Gasteiger partial charge is 0.138 e. The van der Waals surface area contributed by atoms with Crippen molar-refractivity contribution in [2.75, 3.05) is 0 Å². The van der Waals surface area contributed by atoms with Crippen LogP contribution >= 0.6 is 0 Å². The molecule has 0 spiro atoms. The van der Waals surface area contributed by atoms with Crippen LogP contribution in [0, 0.1) is 13.8 Å². The maximum Gasteiger partial charge on any atom is 0.138 e. The number of hydrogen-bond acceptors (Lipinski definition) is 4. The van der Waals surface area contributed by atoms with Crippen LogP contribution in [0.25, 0.3) is 0 Å². The van der Waals surface area contributed by atoms with Gasteiger partial charge in [-0.2, -0.15) is 5.10 Å². The molecule has 0 radical (unpaired) electrons. The average Bonchev–Trinajstić information content (AvgIpc) is 2.91. The molecule has 98 valence electrons. The van der Waals surface area contributed by atoms with E-state index < -0.39 is 0 Å². The van der Waals surface area contributed by atoms with Crippen LogP contribution in [-0.4, -0.2) is 14.9 Å². The minimum atomic E-state index is 0.776. The summed E-state index contributed by atoms with van der Waals surface area (Å²) in [5, 5.41) is 11.7. The second-order valence-corrected chi connectivity index (χ2v) is 4.45. The third-order valence-corrected chi connectivity index (χ3v) is 3.03. The molecule has 0 aliphatic rings. The van der Waals surface area contributed by atoms with Crippen LogP contribution in [0.3, 0.4) is 0 Å². The lowest BCUT2D eigenvalue weighted by Gasteiger charge is -2.07. The third kappa shape index (κ3) is 2.79. The molecule has 0 saturated heterocycles. The number of nitrogens with zero attached hydrogens (tertiary/aromatic N) is 3. The van der Waals surface area contributed by atoms with E-state index in [1.54, 1.807) is 0 Å². The second-order valence-electron chi connectivity index (χ2n) is 4.45. The van der Waals surface area contributed by atoms with E-state index in [4.69, 9.17) is 4.52 Å². The molecule has 18 heavy (non-hydrogen) atoms. The van der Waals surface area contributed by atoms with Gasteiger partial charge in [-0.15, -0.1) is 0 Å². The summed E-state index contributed by atoms with van der Waals surface area (Å²) in [5.74, 6) is 0.891. The first-order valence-electron chi connectivity index (χ1n) is 6.35. The van der Waals surface area contributed by atoms with Crippen molar-refractivity contribution in [1.82, 2.24) is 20.3 Å². The number of aryl methyl sites for hydroxylation is 3. The molecule has 5 heteroatoms. The topological polar surface area (TPSA) is 55.9 Å². The predicted molar refractivity (Wildman–Crippen MR) is 69.0 cm³/mol. The van der Waals surface area contributed by atoms with Gasteiger partial charge in [0.25, 0.3) is 0 Å². The molecule has 2 rings (SSSR count). The third-order valence-electron chi connectivity index (χ3n) is 3.03. The van der Waals surface area contributed by atoms with Crippen molar-refractivity contribution in [3.8, 4) is 0 Å². The van der Waals surface area contributed by atoms with Crippen LogP contribution in [0.4, 0.5) is 0 Å². The fraction of sp³-hybridized carbons (Fsp3) is 0.538. The quantitative estimate of drug-likeness (QED) is 0.851. The minimum absolute atomic E-state index is 0.776. The van der Waals surface area contributed by atoms with Crippen molar-refractivity contribution >= 4 is 0 Å². The van der Waals surface area contributed by atoms with Crippen molar-refractivity contribution in [3.05, 3.63) is 35.0 Å². The van der Waals surface area contributed by atoms with Gasteiger partial charge < -0.3 is 9.84 Å². The Morgan fingerprint density at radius 2 is 2.17 bits per heavy atom. The Morgan fingerprint density at radius 1 is 1.33 bits per heavy atom. The normalized spacial score (nSPS) is 11.1. The molecule has 0 atom stereocenters. The van der Waals surface area contributed by atoms with Crippen molar-refractivity contribution in [2.24, 2.45) is 0 Å². The molecule has 0 aliphatic carbocycles. The Morgan fingerprint density at radius 3 is 2.83 bits per heavy atom. The SMILES string of the molecule is CCCn1nccc1CNCc1c(C)noc1C. The van der Waals surface area contributed by atoms with Gasteiger partial charge in [-0.05, 0) is 26.3 Å². The molecule has 0 aliphatic heterocycles. The van der Waals surface area contributed by atoms with Crippen LogP contribution in [0.2, 0.25) is 0 Å². The van der Waals surface area contributed by atoms with Gasteiger partial charge in [0.15, 0.2) is 0 Å². The van der Waals surface area contributed by atoms with Crippen molar-refractivity contribution in [2.45, 2.75) is 46.8 Å². The van der Waals surface area contributed by atoms with E-state index in [2.05, 4.69) is 28.6 Å². The Kier molecular flexibility index (Phi) is 4.15. The van der Waals surface area contributed by atoms with Crippen LogP contribution in [0.5, 0.6) is 0 Å². The van der Waals surface area contributed by atoms with Crippen molar-refractivity contribution in [1.29, 1.82) is 0 Å². The standard InChI is InChI=1S/C13H20N4O/c1-4-7-17-12(5-6-15-17)8-14-9-13-10(2)16-18-11(13)3/h5-6,14H,4,7-9H2,1-3H3. The summed E-state index contributed by atoms with van der Waals surface area (Å²) in [5.41, 5.74) is 3.32. The first-order valence-corrected chi connectivity index (χ1v) is 6.35. The summed E-state index contributed by atoms with van der Waals surface area (Å²) in [6.45, 7) is 8.62. The number of nitrogens with one attached hydrogen (secondary N) is 1. The maximum atomic E-state index is 5.14. The Balaban J connectivity index is 1.90. The first kappa shape index (κ1) is 12.8. The van der Waals surface area contributed by atoms with Crippen molar-refractivity contribution in [3.63, 3.8) is 0 Å². The molecule has 1 N–H and O–H groups in total. The molecular formula is C13H20N4O. The first-order chi connectivity index (χ1) is 8.72. The van der Waals surface area contributed by atoms with Gasteiger partial charge in [-0.1, -0.05) is 12.1 Å². The van der Waals surface area contributed by atoms with Gasteiger partial charge >= 0.3 is 0 Å². The van der Waals surface area contributed by atoms with E-state index in [1.807, 2.05) is 24.7 Å². The molecule has 2 aromatic heterocycles. The molecule has 2 heterocycles. The molecule has 0 fully saturated rings. The van der Waals surface area contributed by atoms with Gasteiger partial charge in [0, 0.05) is 31.4 Å². The van der Waals surface area contributed by atoms with Crippen LogP contribution in [0.15, 0.2) is 16.8 Å². The lowest BCUT2D eigenvalue weighted by molar-refractivity contribution is 0.391. The monoisotopic (exact) mass is 248 g/mol. The summed E-state index contributed by atoms with van der Waals surface area (Å²) >= 11 is 0. The fourth-order valence-electron chi connectivity index (χ4n) is 1.99. The maximum absolute atomic E-state index is 5.14. The Hall–Kier alpha value is -1.62. The summed E-state index contributed by atoms with van der Waals surface area (Å²) in [6.07, 6.45) is 2.95. The van der Waals surface area contributed by atoms with Crippen LogP contribution < -0.4 is 5.32 Å². The highest BCUT2D eigenvalue weighted by Crippen LogP contribution is 2.11. The molecule has 0 amide bonds. The lowest BCUT2D eigenvalue weighted by Crippen LogP contribution is -2.17. The molecule has 0 unspecified atom stereocenters. The van der Waals surface area contributed by atoms with Gasteiger partial charge in [0.1, 0.15) is 5.76 Å². The van der Waals surface area contributed by atoms with Crippen LogP contribution in [0.1, 0.15) is 36.1 Å². The van der Waals surface area contributed by atoms with E-state index in [1.165, 1.54) is 5.69 Å².